The first kappa shape index (κ1) is 18.5. The molecule has 0 amide bonds. The fourth-order valence-electron chi connectivity index (χ4n) is 3.65. The maximum Gasteiger partial charge on any atom is 0.235 e. The molecule has 0 unspecified atom stereocenters. The number of hydrogen-bond acceptors (Lipinski definition) is 3. The molecule has 1 heterocycles. The van der Waals surface area contributed by atoms with Gasteiger partial charge < -0.3 is 9.15 Å². The molecule has 4 aromatic carbocycles. The van der Waals surface area contributed by atoms with Crippen molar-refractivity contribution in [3.05, 3.63) is 112 Å². The molecule has 0 saturated heterocycles. The zero-order valence-corrected chi connectivity index (χ0v) is 16.7. The summed E-state index contributed by atoms with van der Waals surface area (Å²) in [4.78, 5) is 13.3. The number of fused-ring (bicyclic) bond motifs is 2. The lowest BCUT2D eigenvalue weighted by atomic mass is 10.1. The number of halogens is 1. The molecule has 0 aliphatic carbocycles. The largest absolute Gasteiger partial charge is 0.481 e. The zero-order chi connectivity index (χ0) is 20.5. The Morgan fingerprint density at radius 2 is 1.47 bits per heavy atom. The van der Waals surface area contributed by atoms with Crippen molar-refractivity contribution in [3.8, 4) is 17.1 Å². The number of hydrogen-bond donors (Lipinski definition) is 0. The van der Waals surface area contributed by atoms with Crippen LogP contribution in [0.1, 0.15) is 5.56 Å². The lowest BCUT2D eigenvalue weighted by Crippen LogP contribution is -2.10. The van der Waals surface area contributed by atoms with Crippen molar-refractivity contribution in [2.24, 2.45) is 0 Å². The molecule has 30 heavy (non-hydrogen) atoms. The van der Waals surface area contributed by atoms with Crippen LogP contribution in [0.4, 0.5) is 0 Å². The van der Waals surface area contributed by atoms with Crippen molar-refractivity contribution in [1.29, 1.82) is 0 Å². The molecule has 5 aromatic rings. The van der Waals surface area contributed by atoms with Crippen molar-refractivity contribution < 1.29 is 9.15 Å². The van der Waals surface area contributed by atoms with Crippen molar-refractivity contribution in [1.82, 2.24) is 0 Å². The quantitative estimate of drug-likeness (QED) is 0.324. The first-order valence-corrected chi connectivity index (χ1v) is 10.0. The van der Waals surface area contributed by atoms with Gasteiger partial charge in [-0.05, 0) is 40.6 Å². The van der Waals surface area contributed by atoms with Crippen LogP contribution in [0.5, 0.6) is 5.75 Å². The molecule has 0 bridgehead atoms. The third-order valence-electron chi connectivity index (χ3n) is 5.13. The van der Waals surface area contributed by atoms with Crippen LogP contribution < -0.4 is 10.2 Å². The summed E-state index contributed by atoms with van der Waals surface area (Å²) in [6.07, 6.45) is 0. The van der Waals surface area contributed by atoms with Gasteiger partial charge in [0.15, 0.2) is 5.76 Å². The van der Waals surface area contributed by atoms with E-state index in [-0.39, 0.29) is 17.8 Å². The fourth-order valence-corrected chi connectivity index (χ4v) is 3.87. The van der Waals surface area contributed by atoms with E-state index >= 15 is 0 Å². The highest BCUT2D eigenvalue weighted by atomic mass is 35.5. The fraction of sp³-hybridized carbons (Fsp3) is 0.0385. The summed E-state index contributed by atoms with van der Waals surface area (Å²) in [5, 5.41) is 3.17. The minimum absolute atomic E-state index is 0.162. The van der Waals surface area contributed by atoms with Gasteiger partial charge in [-0.3, -0.25) is 4.79 Å². The van der Waals surface area contributed by atoms with Crippen LogP contribution in [0.3, 0.4) is 0 Å². The van der Waals surface area contributed by atoms with Crippen molar-refractivity contribution in [2.45, 2.75) is 6.61 Å². The molecule has 4 heteroatoms. The average molecular weight is 413 g/mol. The van der Waals surface area contributed by atoms with Gasteiger partial charge in [-0.15, -0.1) is 0 Å². The minimum atomic E-state index is -0.216. The Labute approximate surface area is 178 Å². The third kappa shape index (κ3) is 3.23. The number of rotatable bonds is 4. The summed E-state index contributed by atoms with van der Waals surface area (Å²) in [5.74, 6) is 0.499. The van der Waals surface area contributed by atoms with Gasteiger partial charge in [-0.25, -0.2) is 0 Å². The second kappa shape index (κ2) is 7.69. The second-order valence-corrected chi connectivity index (χ2v) is 7.40. The van der Waals surface area contributed by atoms with E-state index in [9.17, 15) is 4.79 Å². The first-order chi connectivity index (χ1) is 14.7. The summed E-state index contributed by atoms with van der Waals surface area (Å²) < 4.78 is 12.2. The van der Waals surface area contributed by atoms with Crippen LogP contribution >= 0.6 is 11.6 Å². The molecule has 0 atom stereocenters. The highest BCUT2D eigenvalue weighted by Crippen LogP contribution is 2.35. The van der Waals surface area contributed by atoms with Gasteiger partial charge in [-0.2, -0.15) is 0 Å². The van der Waals surface area contributed by atoms with Gasteiger partial charge in [0, 0.05) is 5.56 Å². The topological polar surface area (TPSA) is 39.4 Å². The molecule has 0 radical (unpaired) electrons. The molecule has 1 aromatic heterocycles. The van der Waals surface area contributed by atoms with E-state index in [1.165, 1.54) is 0 Å². The van der Waals surface area contributed by atoms with Crippen LogP contribution in [0.25, 0.3) is 33.1 Å². The SMILES string of the molecule is O=c1c(OCc2cccc3ccccc23)c(-c2ccccc2Cl)oc2ccccc12. The average Bonchev–Trinajstić information content (AvgIpc) is 2.79. The van der Waals surface area contributed by atoms with Gasteiger partial charge in [-0.1, -0.05) is 78.3 Å². The van der Waals surface area contributed by atoms with E-state index in [0.717, 1.165) is 16.3 Å². The Morgan fingerprint density at radius 1 is 0.767 bits per heavy atom. The van der Waals surface area contributed by atoms with E-state index in [0.29, 0.717) is 27.3 Å². The number of ether oxygens (including phenoxy) is 1. The summed E-state index contributed by atoms with van der Waals surface area (Å²) >= 11 is 6.41. The molecule has 3 nitrogen and oxygen atoms in total. The molecule has 5 rings (SSSR count). The summed E-state index contributed by atoms with van der Waals surface area (Å²) in [5.41, 5.74) is 1.89. The van der Waals surface area contributed by atoms with Gasteiger partial charge >= 0.3 is 0 Å². The van der Waals surface area contributed by atoms with Crippen LogP contribution in [0.15, 0.2) is 100 Å². The standard InChI is InChI=1S/C26H17ClO3/c27-22-14-5-3-12-20(22)25-26(24(28)21-13-4-6-15-23(21)30-25)29-16-18-10-7-9-17-8-1-2-11-19(17)18/h1-15H,16H2. The Hall–Kier alpha value is -3.56. The molecule has 0 N–H and O–H groups in total. The summed E-state index contributed by atoms with van der Waals surface area (Å²) in [6.45, 7) is 0.238. The Bertz CT molecular complexity index is 1430. The highest BCUT2D eigenvalue weighted by Gasteiger charge is 2.19. The van der Waals surface area contributed by atoms with Crippen LogP contribution in [0, 0.1) is 0 Å². The molecular weight excluding hydrogens is 396 g/mol. The molecule has 0 aliphatic rings. The predicted molar refractivity (Wildman–Crippen MR) is 121 cm³/mol. The van der Waals surface area contributed by atoms with Crippen molar-refractivity contribution in [2.75, 3.05) is 0 Å². The maximum absolute atomic E-state index is 13.3. The van der Waals surface area contributed by atoms with Gasteiger partial charge in [0.05, 0.1) is 10.4 Å². The maximum atomic E-state index is 13.3. The number of benzene rings is 4. The lowest BCUT2D eigenvalue weighted by Gasteiger charge is -2.13. The van der Waals surface area contributed by atoms with E-state index in [2.05, 4.69) is 12.1 Å². The molecule has 0 aliphatic heterocycles. The van der Waals surface area contributed by atoms with Crippen LogP contribution in [-0.2, 0) is 6.61 Å². The van der Waals surface area contributed by atoms with Crippen LogP contribution in [0.2, 0.25) is 5.02 Å². The van der Waals surface area contributed by atoms with E-state index in [1.54, 1.807) is 18.2 Å². The molecule has 146 valence electrons. The zero-order valence-electron chi connectivity index (χ0n) is 16.0. The first-order valence-electron chi connectivity index (χ1n) is 9.62. The third-order valence-corrected chi connectivity index (χ3v) is 5.46. The van der Waals surface area contributed by atoms with Gasteiger partial charge in [0.25, 0.3) is 0 Å². The van der Waals surface area contributed by atoms with Crippen molar-refractivity contribution in [3.63, 3.8) is 0 Å². The minimum Gasteiger partial charge on any atom is -0.481 e. The summed E-state index contributed by atoms with van der Waals surface area (Å²) in [6, 6.07) is 28.6. The van der Waals surface area contributed by atoms with Crippen molar-refractivity contribution >= 4 is 33.3 Å². The molecular formula is C26H17ClO3. The highest BCUT2D eigenvalue weighted by molar-refractivity contribution is 6.33. The smallest absolute Gasteiger partial charge is 0.235 e. The van der Waals surface area contributed by atoms with Gasteiger partial charge in [0.2, 0.25) is 11.2 Å². The normalized spacial score (nSPS) is 11.1. The Kier molecular flexibility index (Phi) is 4.74. The predicted octanol–water partition coefficient (Wildman–Crippen LogP) is 6.85. The number of para-hydroxylation sites is 1. The molecule has 0 fully saturated rings. The lowest BCUT2D eigenvalue weighted by molar-refractivity contribution is 0.299. The molecule has 0 saturated carbocycles. The van der Waals surface area contributed by atoms with E-state index in [1.807, 2.05) is 60.7 Å². The van der Waals surface area contributed by atoms with Crippen LogP contribution in [-0.4, -0.2) is 0 Å². The van der Waals surface area contributed by atoms with E-state index < -0.39 is 0 Å². The second-order valence-electron chi connectivity index (χ2n) is 6.99. The summed E-state index contributed by atoms with van der Waals surface area (Å²) in [7, 11) is 0. The molecule has 0 spiro atoms. The van der Waals surface area contributed by atoms with E-state index in [4.69, 9.17) is 20.8 Å². The Morgan fingerprint density at radius 3 is 2.33 bits per heavy atom. The monoisotopic (exact) mass is 412 g/mol. The Balaban J connectivity index is 1.66. The van der Waals surface area contributed by atoms with Gasteiger partial charge in [0.1, 0.15) is 12.2 Å².